The summed E-state index contributed by atoms with van der Waals surface area (Å²) < 4.78 is 33.8. The van der Waals surface area contributed by atoms with Crippen LogP contribution in [-0.2, 0) is 14.8 Å². The van der Waals surface area contributed by atoms with E-state index in [9.17, 15) is 8.42 Å². The van der Waals surface area contributed by atoms with Crippen molar-refractivity contribution in [1.82, 2.24) is 0 Å². The average molecular weight is 272 g/mol. The Morgan fingerprint density at radius 2 is 2.17 bits per heavy atom. The molecule has 6 nitrogen and oxygen atoms in total. The van der Waals surface area contributed by atoms with Gasteiger partial charge in [0.1, 0.15) is 11.9 Å². The van der Waals surface area contributed by atoms with Gasteiger partial charge in [0.2, 0.25) is 10.0 Å². The van der Waals surface area contributed by atoms with Crippen molar-refractivity contribution in [2.45, 2.75) is 24.3 Å². The summed E-state index contributed by atoms with van der Waals surface area (Å²) in [4.78, 5) is -0.00332. The van der Waals surface area contributed by atoms with Gasteiger partial charge >= 0.3 is 0 Å². The van der Waals surface area contributed by atoms with Gasteiger partial charge < -0.3 is 15.2 Å². The van der Waals surface area contributed by atoms with Crippen molar-refractivity contribution in [3.8, 4) is 5.75 Å². The first kappa shape index (κ1) is 13.1. The second-order valence-corrected chi connectivity index (χ2v) is 5.82. The molecule has 0 aromatic heterocycles. The molecular formula is C11H16N2O4S. The zero-order chi connectivity index (χ0) is 13.3. The number of benzene rings is 1. The third-order valence-corrected chi connectivity index (χ3v) is 3.86. The highest BCUT2D eigenvalue weighted by Gasteiger charge is 2.21. The Labute approximate surface area is 106 Å². The lowest BCUT2D eigenvalue weighted by Crippen LogP contribution is -2.19. The third-order valence-electron chi connectivity index (χ3n) is 2.82. The van der Waals surface area contributed by atoms with Crippen molar-refractivity contribution in [1.29, 1.82) is 0 Å². The number of ether oxygens (including phenoxy) is 2. The molecule has 0 bridgehead atoms. The summed E-state index contributed by atoms with van der Waals surface area (Å²) >= 11 is 0. The van der Waals surface area contributed by atoms with Gasteiger partial charge in [-0.15, -0.1) is 0 Å². The van der Waals surface area contributed by atoms with Crippen LogP contribution in [0.5, 0.6) is 5.75 Å². The van der Waals surface area contributed by atoms with Gasteiger partial charge in [-0.1, -0.05) is 0 Å². The molecule has 1 aromatic carbocycles. The zero-order valence-corrected chi connectivity index (χ0v) is 10.9. The van der Waals surface area contributed by atoms with Crippen LogP contribution in [0.4, 0.5) is 5.69 Å². The van der Waals surface area contributed by atoms with Crippen molar-refractivity contribution < 1.29 is 17.9 Å². The SMILES string of the molecule is Cc1c(OC2CCOC2)cc(N)cc1S(N)(=O)=O. The molecule has 100 valence electrons. The highest BCUT2D eigenvalue weighted by Crippen LogP contribution is 2.29. The van der Waals surface area contributed by atoms with Gasteiger partial charge in [-0.05, 0) is 13.0 Å². The van der Waals surface area contributed by atoms with E-state index in [1.165, 1.54) is 6.07 Å². The molecule has 1 unspecified atom stereocenters. The monoisotopic (exact) mass is 272 g/mol. The predicted molar refractivity (Wildman–Crippen MR) is 66.8 cm³/mol. The Kier molecular flexibility index (Phi) is 3.47. The van der Waals surface area contributed by atoms with Crippen LogP contribution in [0.1, 0.15) is 12.0 Å². The maximum Gasteiger partial charge on any atom is 0.238 e. The number of hydrogen-bond acceptors (Lipinski definition) is 5. The van der Waals surface area contributed by atoms with Crippen molar-refractivity contribution in [2.24, 2.45) is 5.14 Å². The highest BCUT2D eigenvalue weighted by molar-refractivity contribution is 7.89. The maximum absolute atomic E-state index is 11.4. The fraction of sp³-hybridized carbons (Fsp3) is 0.455. The maximum atomic E-state index is 11.4. The number of sulfonamides is 1. The second kappa shape index (κ2) is 4.75. The van der Waals surface area contributed by atoms with E-state index >= 15 is 0 Å². The van der Waals surface area contributed by atoms with Crippen molar-refractivity contribution >= 4 is 15.7 Å². The fourth-order valence-corrected chi connectivity index (χ4v) is 2.71. The fourth-order valence-electron chi connectivity index (χ4n) is 1.89. The van der Waals surface area contributed by atoms with E-state index in [0.717, 1.165) is 6.42 Å². The number of nitrogens with two attached hydrogens (primary N) is 2. The number of hydrogen-bond donors (Lipinski definition) is 2. The largest absolute Gasteiger partial charge is 0.488 e. The van der Waals surface area contributed by atoms with E-state index in [0.29, 0.717) is 30.2 Å². The van der Waals surface area contributed by atoms with Crippen LogP contribution in [0, 0.1) is 6.92 Å². The molecule has 0 spiro atoms. The summed E-state index contributed by atoms with van der Waals surface area (Å²) in [5, 5.41) is 5.14. The van der Waals surface area contributed by atoms with Crippen molar-refractivity contribution in [3.63, 3.8) is 0 Å². The van der Waals surface area contributed by atoms with Crippen LogP contribution >= 0.6 is 0 Å². The quantitative estimate of drug-likeness (QED) is 0.775. The van der Waals surface area contributed by atoms with Crippen LogP contribution < -0.4 is 15.6 Å². The van der Waals surface area contributed by atoms with Gasteiger partial charge in [0.15, 0.2) is 0 Å². The second-order valence-electron chi connectivity index (χ2n) is 4.29. The molecule has 0 saturated carbocycles. The summed E-state index contributed by atoms with van der Waals surface area (Å²) in [6.07, 6.45) is 0.706. The molecule has 1 heterocycles. The summed E-state index contributed by atoms with van der Waals surface area (Å²) in [6.45, 7) is 2.79. The molecule has 0 amide bonds. The molecule has 1 aliphatic heterocycles. The molecule has 1 atom stereocenters. The molecule has 4 N–H and O–H groups in total. The summed E-state index contributed by atoms with van der Waals surface area (Å²) in [5.74, 6) is 0.439. The van der Waals surface area contributed by atoms with Crippen LogP contribution in [0.25, 0.3) is 0 Å². The van der Waals surface area contributed by atoms with Gasteiger partial charge in [0, 0.05) is 23.7 Å². The molecule has 18 heavy (non-hydrogen) atoms. The highest BCUT2D eigenvalue weighted by atomic mass is 32.2. The molecule has 1 saturated heterocycles. The topological polar surface area (TPSA) is 105 Å². The molecule has 1 aromatic rings. The van der Waals surface area contributed by atoms with Gasteiger partial charge in [-0.3, -0.25) is 0 Å². The Balaban J connectivity index is 2.38. The smallest absolute Gasteiger partial charge is 0.238 e. The van der Waals surface area contributed by atoms with Crippen LogP contribution in [-0.4, -0.2) is 27.7 Å². The van der Waals surface area contributed by atoms with E-state index in [4.69, 9.17) is 20.3 Å². The lowest BCUT2D eigenvalue weighted by Gasteiger charge is -2.16. The van der Waals surface area contributed by atoms with Crippen molar-refractivity contribution in [2.75, 3.05) is 18.9 Å². The third kappa shape index (κ3) is 2.74. The Bertz CT molecular complexity index is 550. The van der Waals surface area contributed by atoms with E-state index in [2.05, 4.69) is 0 Å². The number of anilines is 1. The number of rotatable bonds is 3. The lowest BCUT2D eigenvalue weighted by atomic mass is 10.2. The normalized spacial score (nSPS) is 20.0. The minimum absolute atomic E-state index is 0.00332. The Morgan fingerprint density at radius 1 is 1.44 bits per heavy atom. The average Bonchev–Trinajstić information content (AvgIpc) is 2.74. The summed E-state index contributed by atoms with van der Waals surface area (Å²) in [6, 6.07) is 2.94. The summed E-state index contributed by atoms with van der Waals surface area (Å²) in [7, 11) is -3.80. The Hall–Kier alpha value is -1.31. The van der Waals surface area contributed by atoms with E-state index in [1.54, 1.807) is 13.0 Å². The number of nitrogen functional groups attached to an aromatic ring is 1. The van der Waals surface area contributed by atoms with E-state index < -0.39 is 10.0 Å². The molecular weight excluding hydrogens is 256 g/mol. The van der Waals surface area contributed by atoms with Gasteiger partial charge in [0.25, 0.3) is 0 Å². The van der Waals surface area contributed by atoms with Gasteiger partial charge in [0.05, 0.1) is 18.1 Å². The number of primary sulfonamides is 1. The first-order valence-corrected chi connectivity index (χ1v) is 7.10. The molecule has 7 heteroatoms. The van der Waals surface area contributed by atoms with E-state index in [1.807, 2.05) is 0 Å². The molecule has 2 rings (SSSR count). The van der Waals surface area contributed by atoms with E-state index in [-0.39, 0.29) is 11.0 Å². The van der Waals surface area contributed by atoms with Gasteiger partial charge in [-0.2, -0.15) is 0 Å². The first-order valence-electron chi connectivity index (χ1n) is 5.55. The zero-order valence-electron chi connectivity index (χ0n) is 10.0. The summed E-state index contributed by atoms with van der Waals surface area (Å²) in [5.41, 5.74) is 6.44. The van der Waals surface area contributed by atoms with Crippen LogP contribution in [0.2, 0.25) is 0 Å². The standard InChI is InChI=1S/C11H16N2O4S/c1-7-10(17-9-2-3-16-6-9)4-8(12)5-11(7)18(13,14)15/h4-5,9H,2-3,6,12H2,1H3,(H2,13,14,15). The molecule has 1 fully saturated rings. The molecule has 0 aliphatic carbocycles. The minimum Gasteiger partial charge on any atom is -0.488 e. The minimum atomic E-state index is -3.80. The lowest BCUT2D eigenvalue weighted by molar-refractivity contribution is 0.140. The van der Waals surface area contributed by atoms with Crippen molar-refractivity contribution in [3.05, 3.63) is 17.7 Å². The first-order chi connectivity index (χ1) is 8.38. The predicted octanol–water partition coefficient (Wildman–Crippen LogP) is 0.392. The van der Waals surface area contributed by atoms with Crippen LogP contribution in [0.15, 0.2) is 17.0 Å². The molecule has 1 aliphatic rings. The molecule has 0 radical (unpaired) electrons. The van der Waals surface area contributed by atoms with Crippen LogP contribution in [0.3, 0.4) is 0 Å². The Morgan fingerprint density at radius 3 is 2.72 bits per heavy atom. The van der Waals surface area contributed by atoms with Gasteiger partial charge in [-0.25, -0.2) is 13.6 Å².